The van der Waals surface area contributed by atoms with Gasteiger partial charge >= 0.3 is 0 Å². The fourth-order valence-electron chi connectivity index (χ4n) is 3.62. The van der Waals surface area contributed by atoms with E-state index < -0.39 is 0 Å². The number of benzene rings is 1. The zero-order valence-electron chi connectivity index (χ0n) is 13.7. The lowest BCUT2D eigenvalue weighted by Crippen LogP contribution is -2.14. The number of amides is 1. The van der Waals surface area contributed by atoms with Gasteiger partial charge in [0.05, 0.1) is 11.8 Å². The van der Waals surface area contributed by atoms with Crippen molar-refractivity contribution < 1.29 is 4.79 Å². The van der Waals surface area contributed by atoms with Crippen molar-refractivity contribution in [2.24, 2.45) is 0 Å². The predicted molar refractivity (Wildman–Crippen MR) is 88.4 cm³/mol. The van der Waals surface area contributed by atoms with E-state index in [1.165, 1.54) is 11.1 Å². The van der Waals surface area contributed by atoms with Crippen LogP contribution >= 0.6 is 0 Å². The minimum atomic E-state index is -0.0926. The second kappa shape index (κ2) is 5.27. The summed E-state index contributed by atoms with van der Waals surface area (Å²) in [4.78, 5) is 12.4. The summed E-state index contributed by atoms with van der Waals surface area (Å²) in [6, 6.07) is 6.21. The first-order chi connectivity index (χ1) is 10.4. The molecule has 0 radical (unpaired) electrons. The van der Waals surface area contributed by atoms with Gasteiger partial charge in [-0.25, -0.2) is 0 Å². The Hall–Kier alpha value is -2.10. The number of anilines is 1. The van der Waals surface area contributed by atoms with Crippen LogP contribution in [-0.2, 0) is 12.0 Å². The van der Waals surface area contributed by atoms with Gasteiger partial charge in [0, 0.05) is 18.4 Å². The van der Waals surface area contributed by atoms with Crippen LogP contribution in [0.15, 0.2) is 30.6 Å². The van der Waals surface area contributed by atoms with Crippen LogP contribution in [0.1, 0.15) is 61.5 Å². The molecule has 4 heteroatoms. The SMILES string of the molecule is CCn1cc(C(=O)Nc2cccc3c2[C@H](C)CC3(C)C)cn1. The Labute approximate surface area is 131 Å². The van der Waals surface area contributed by atoms with Crippen LogP contribution in [0.25, 0.3) is 0 Å². The first-order valence-electron chi connectivity index (χ1n) is 7.89. The van der Waals surface area contributed by atoms with E-state index in [1.807, 2.05) is 19.1 Å². The molecule has 0 saturated carbocycles. The number of aromatic nitrogens is 2. The summed E-state index contributed by atoms with van der Waals surface area (Å²) in [5.41, 5.74) is 4.34. The molecule has 116 valence electrons. The number of hydrogen-bond donors (Lipinski definition) is 1. The number of fused-ring (bicyclic) bond motifs is 1. The van der Waals surface area contributed by atoms with Gasteiger partial charge in [-0.05, 0) is 41.9 Å². The van der Waals surface area contributed by atoms with Crippen LogP contribution in [0.3, 0.4) is 0 Å². The van der Waals surface area contributed by atoms with Crippen LogP contribution < -0.4 is 5.32 Å². The molecule has 0 fully saturated rings. The van der Waals surface area contributed by atoms with Crippen LogP contribution in [0, 0.1) is 0 Å². The van der Waals surface area contributed by atoms with E-state index in [9.17, 15) is 4.79 Å². The number of nitrogens with zero attached hydrogens (tertiary/aromatic N) is 2. The molecule has 1 aliphatic carbocycles. The Balaban J connectivity index is 1.91. The lowest BCUT2D eigenvalue weighted by molar-refractivity contribution is 0.102. The third-order valence-corrected chi connectivity index (χ3v) is 4.61. The molecule has 1 aliphatic rings. The second-order valence-corrected chi connectivity index (χ2v) is 6.79. The van der Waals surface area contributed by atoms with E-state index >= 15 is 0 Å². The summed E-state index contributed by atoms with van der Waals surface area (Å²) in [7, 11) is 0. The molecule has 2 aromatic rings. The number of rotatable bonds is 3. The molecule has 22 heavy (non-hydrogen) atoms. The first kappa shape index (κ1) is 14.8. The zero-order valence-corrected chi connectivity index (χ0v) is 13.7. The van der Waals surface area contributed by atoms with Crippen LogP contribution in [-0.4, -0.2) is 15.7 Å². The molecular formula is C18H23N3O. The largest absolute Gasteiger partial charge is 0.322 e. The van der Waals surface area contributed by atoms with Gasteiger partial charge in [0.2, 0.25) is 0 Å². The molecule has 1 atom stereocenters. The van der Waals surface area contributed by atoms with Gasteiger partial charge in [-0.15, -0.1) is 0 Å². The average Bonchev–Trinajstić information content (AvgIpc) is 3.03. The normalized spacial score (nSPS) is 19.0. The fourth-order valence-corrected chi connectivity index (χ4v) is 3.62. The first-order valence-corrected chi connectivity index (χ1v) is 7.89. The van der Waals surface area contributed by atoms with Crippen molar-refractivity contribution in [3.05, 3.63) is 47.3 Å². The van der Waals surface area contributed by atoms with Crippen molar-refractivity contribution in [2.45, 2.75) is 52.0 Å². The van der Waals surface area contributed by atoms with Gasteiger partial charge in [0.15, 0.2) is 0 Å². The Bertz CT molecular complexity index is 715. The van der Waals surface area contributed by atoms with Crippen molar-refractivity contribution in [1.82, 2.24) is 9.78 Å². The van der Waals surface area contributed by atoms with Crippen molar-refractivity contribution >= 4 is 11.6 Å². The Morgan fingerprint density at radius 1 is 1.45 bits per heavy atom. The van der Waals surface area contributed by atoms with Gasteiger partial charge in [-0.2, -0.15) is 5.10 Å². The highest BCUT2D eigenvalue weighted by atomic mass is 16.1. The molecule has 0 bridgehead atoms. The number of hydrogen-bond acceptors (Lipinski definition) is 2. The average molecular weight is 297 g/mol. The van der Waals surface area contributed by atoms with Gasteiger partial charge in [-0.3, -0.25) is 9.48 Å². The van der Waals surface area contributed by atoms with Crippen molar-refractivity contribution in [3.8, 4) is 0 Å². The molecule has 1 amide bonds. The minimum absolute atomic E-state index is 0.0926. The molecule has 1 aromatic carbocycles. The van der Waals surface area contributed by atoms with Crippen molar-refractivity contribution in [3.63, 3.8) is 0 Å². The van der Waals surface area contributed by atoms with Gasteiger partial charge in [0.1, 0.15) is 0 Å². The molecule has 3 rings (SSSR count). The third-order valence-electron chi connectivity index (χ3n) is 4.61. The van der Waals surface area contributed by atoms with Crippen LogP contribution in [0.2, 0.25) is 0 Å². The maximum Gasteiger partial charge on any atom is 0.258 e. The lowest BCUT2D eigenvalue weighted by Gasteiger charge is -2.19. The van der Waals surface area contributed by atoms with E-state index in [4.69, 9.17) is 0 Å². The maximum atomic E-state index is 12.4. The molecule has 1 aromatic heterocycles. The Morgan fingerprint density at radius 2 is 2.23 bits per heavy atom. The number of nitrogens with one attached hydrogen (secondary N) is 1. The van der Waals surface area contributed by atoms with Gasteiger partial charge < -0.3 is 5.32 Å². The summed E-state index contributed by atoms with van der Waals surface area (Å²) in [5, 5.41) is 7.24. The van der Waals surface area contributed by atoms with Crippen molar-refractivity contribution in [2.75, 3.05) is 5.32 Å². The maximum absolute atomic E-state index is 12.4. The summed E-state index contributed by atoms with van der Waals surface area (Å²) < 4.78 is 1.76. The molecule has 4 nitrogen and oxygen atoms in total. The monoisotopic (exact) mass is 297 g/mol. The van der Waals surface area contributed by atoms with Crippen molar-refractivity contribution in [1.29, 1.82) is 0 Å². The molecule has 1 heterocycles. The predicted octanol–water partition coefficient (Wildman–Crippen LogP) is 3.94. The van der Waals surface area contributed by atoms with E-state index in [1.54, 1.807) is 17.1 Å². The summed E-state index contributed by atoms with van der Waals surface area (Å²) in [6.07, 6.45) is 4.52. The fraction of sp³-hybridized carbons (Fsp3) is 0.444. The van der Waals surface area contributed by atoms with E-state index in [0.717, 1.165) is 18.7 Å². The summed E-state index contributed by atoms with van der Waals surface area (Å²) in [5.74, 6) is 0.366. The number of aryl methyl sites for hydroxylation is 1. The summed E-state index contributed by atoms with van der Waals surface area (Å²) in [6.45, 7) is 9.54. The van der Waals surface area contributed by atoms with Gasteiger partial charge in [0.25, 0.3) is 5.91 Å². The minimum Gasteiger partial charge on any atom is -0.322 e. The molecule has 0 spiro atoms. The zero-order chi connectivity index (χ0) is 15.9. The van der Waals surface area contributed by atoms with Gasteiger partial charge in [-0.1, -0.05) is 32.9 Å². The third kappa shape index (κ3) is 2.43. The molecule has 0 unspecified atom stereocenters. The van der Waals surface area contributed by atoms with E-state index in [-0.39, 0.29) is 11.3 Å². The Kier molecular flexibility index (Phi) is 3.55. The van der Waals surface area contributed by atoms with E-state index in [0.29, 0.717) is 11.5 Å². The highest BCUT2D eigenvalue weighted by Crippen LogP contribution is 2.48. The molecule has 1 N–H and O–H groups in total. The van der Waals surface area contributed by atoms with E-state index in [2.05, 4.69) is 37.3 Å². The highest BCUT2D eigenvalue weighted by molar-refractivity contribution is 6.04. The second-order valence-electron chi connectivity index (χ2n) is 6.79. The molecule has 0 aliphatic heterocycles. The smallest absolute Gasteiger partial charge is 0.258 e. The lowest BCUT2D eigenvalue weighted by atomic mass is 9.86. The number of carbonyl (C=O) groups is 1. The molecule has 0 saturated heterocycles. The Morgan fingerprint density at radius 3 is 2.91 bits per heavy atom. The topological polar surface area (TPSA) is 46.9 Å². The number of carbonyl (C=O) groups excluding carboxylic acids is 1. The standard InChI is InChI=1S/C18H23N3O/c1-5-21-11-13(10-19-21)17(22)20-15-8-6-7-14-16(15)12(2)9-18(14,3)4/h6-8,10-12H,5,9H2,1-4H3,(H,20,22)/t12-/m1/s1. The molecular weight excluding hydrogens is 274 g/mol. The quantitative estimate of drug-likeness (QED) is 0.932. The highest BCUT2D eigenvalue weighted by Gasteiger charge is 2.36. The van der Waals surface area contributed by atoms with Crippen LogP contribution in [0.4, 0.5) is 5.69 Å². The summed E-state index contributed by atoms with van der Waals surface area (Å²) >= 11 is 0. The van der Waals surface area contributed by atoms with Crippen LogP contribution in [0.5, 0.6) is 0 Å².